The van der Waals surface area contributed by atoms with Gasteiger partial charge < -0.3 is 15.6 Å². The van der Waals surface area contributed by atoms with Gasteiger partial charge in [0.05, 0.1) is 11.3 Å². The molecule has 0 aliphatic carbocycles. The number of H-pyrrole nitrogens is 1. The van der Waals surface area contributed by atoms with Crippen LogP contribution in [0.4, 0.5) is 5.69 Å². The molecule has 0 bridgehead atoms. The average molecular weight is 358 g/mol. The Labute approximate surface area is 156 Å². The number of fused-ring (bicyclic) bond motifs is 1. The zero-order valence-corrected chi connectivity index (χ0v) is 14.6. The molecule has 0 unspecified atom stereocenters. The third-order valence-corrected chi connectivity index (χ3v) is 4.51. The minimum absolute atomic E-state index is 0.0369. The second-order valence-corrected chi connectivity index (χ2v) is 6.28. The van der Waals surface area contributed by atoms with Gasteiger partial charge in [-0.3, -0.25) is 14.6 Å². The minimum Gasteiger partial charge on any atom is -0.358 e. The number of nitrogens with one attached hydrogen (secondary N) is 3. The van der Waals surface area contributed by atoms with Crippen molar-refractivity contribution in [3.05, 3.63) is 72.6 Å². The van der Waals surface area contributed by atoms with E-state index in [0.29, 0.717) is 17.8 Å². The molecule has 0 fully saturated rings. The number of benzene rings is 1. The molecule has 6 heteroatoms. The van der Waals surface area contributed by atoms with Crippen LogP contribution in [-0.4, -0.2) is 28.3 Å². The van der Waals surface area contributed by atoms with Crippen molar-refractivity contribution in [2.45, 2.75) is 6.42 Å². The number of nitrogens with zero attached hydrogens (tertiary/aromatic N) is 1. The molecule has 3 heterocycles. The topological polar surface area (TPSA) is 86.9 Å². The summed E-state index contributed by atoms with van der Waals surface area (Å²) in [6, 6.07) is 13.2. The molecule has 27 heavy (non-hydrogen) atoms. The largest absolute Gasteiger partial charge is 0.358 e. The lowest BCUT2D eigenvalue weighted by Gasteiger charge is -2.11. The lowest BCUT2D eigenvalue weighted by molar-refractivity contribution is -0.111. The number of amides is 2. The molecule has 0 saturated heterocycles. The third-order valence-electron chi connectivity index (χ3n) is 4.51. The van der Waals surface area contributed by atoms with E-state index in [-0.39, 0.29) is 11.8 Å². The maximum absolute atomic E-state index is 12.0. The summed E-state index contributed by atoms with van der Waals surface area (Å²) in [5.41, 5.74) is 5.98. The van der Waals surface area contributed by atoms with Crippen molar-refractivity contribution in [1.82, 2.24) is 15.3 Å². The van der Waals surface area contributed by atoms with Gasteiger partial charge in [-0.2, -0.15) is 0 Å². The Balaban J connectivity index is 1.62. The second kappa shape index (κ2) is 6.92. The van der Waals surface area contributed by atoms with Crippen molar-refractivity contribution in [2.75, 3.05) is 11.9 Å². The summed E-state index contributed by atoms with van der Waals surface area (Å²) in [5, 5.41) is 5.57. The summed E-state index contributed by atoms with van der Waals surface area (Å²) in [5.74, 6) is -0.284. The first-order valence-corrected chi connectivity index (χ1v) is 8.64. The van der Waals surface area contributed by atoms with Crippen LogP contribution in [-0.2, 0) is 11.2 Å². The molecule has 3 N–H and O–H groups in total. The predicted octanol–water partition coefficient (Wildman–Crippen LogP) is 3.15. The quantitative estimate of drug-likeness (QED) is 0.626. The van der Waals surface area contributed by atoms with Gasteiger partial charge in [0.15, 0.2) is 0 Å². The van der Waals surface area contributed by atoms with Crippen molar-refractivity contribution >= 4 is 17.5 Å². The fourth-order valence-corrected chi connectivity index (χ4v) is 3.12. The van der Waals surface area contributed by atoms with Crippen LogP contribution in [0.3, 0.4) is 0 Å². The van der Waals surface area contributed by atoms with E-state index >= 15 is 0 Å². The van der Waals surface area contributed by atoms with Gasteiger partial charge in [0.1, 0.15) is 0 Å². The van der Waals surface area contributed by atoms with Gasteiger partial charge in [0.25, 0.3) is 5.91 Å². The molecular weight excluding hydrogens is 340 g/mol. The molecule has 0 saturated carbocycles. The summed E-state index contributed by atoms with van der Waals surface area (Å²) < 4.78 is 0. The first kappa shape index (κ1) is 16.8. The van der Waals surface area contributed by atoms with Crippen LogP contribution in [0.2, 0.25) is 0 Å². The van der Waals surface area contributed by atoms with Gasteiger partial charge in [-0.05, 0) is 36.4 Å². The van der Waals surface area contributed by atoms with Gasteiger partial charge in [0.2, 0.25) is 5.91 Å². The number of anilines is 1. The molecule has 6 nitrogen and oxygen atoms in total. The van der Waals surface area contributed by atoms with Gasteiger partial charge in [-0.1, -0.05) is 18.7 Å². The Hall–Kier alpha value is -3.67. The third kappa shape index (κ3) is 3.37. The van der Waals surface area contributed by atoms with Crippen LogP contribution in [0.1, 0.15) is 16.1 Å². The molecule has 0 radical (unpaired) electrons. The fraction of sp³-hybridized carbons (Fsp3) is 0.0952. The highest BCUT2D eigenvalue weighted by atomic mass is 16.2. The summed E-state index contributed by atoms with van der Waals surface area (Å²) in [6.45, 7) is 4.09. The summed E-state index contributed by atoms with van der Waals surface area (Å²) in [6.07, 6.45) is 3.78. The Morgan fingerprint density at radius 2 is 1.96 bits per heavy atom. The Morgan fingerprint density at radius 3 is 2.70 bits per heavy atom. The normalized spacial score (nSPS) is 12.8. The molecule has 0 atom stereocenters. The van der Waals surface area contributed by atoms with Crippen molar-refractivity contribution in [2.24, 2.45) is 0 Å². The lowest BCUT2D eigenvalue weighted by atomic mass is 10.1. The first-order valence-electron chi connectivity index (χ1n) is 8.64. The standard InChI is InChI=1S/C21H18N4O2/c1-2-20(26)24-15-5-3-13(4-6-15)18-11-14(7-9-22-18)19-12-16-17(25-19)8-10-23-21(16)27/h2-7,9,11-12,25H,1,8,10H2,(H,23,27)(H,24,26). The second-order valence-electron chi connectivity index (χ2n) is 6.28. The maximum atomic E-state index is 12.0. The minimum atomic E-state index is -0.248. The molecule has 0 spiro atoms. The fourth-order valence-electron chi connectivity index (χ4n) is 3.12. The number of hydrogen-bond acceptors (Lipinski definition) is 3. The van der Waals surface area contributed by atoms with Gasteiger partial charge >= 0.3 is 0 Å². The van der Waals surface area contributed by atoms with Gasteiger partial charge in [0, 0.05) is 47.4 Å². The maximum Gasteiger partial charge on any atom is 0.253 e. The Morgan fingerprint density at radius 1 is 1.15 bits per heavy atom. The zero-order valence-electron chi connectivity index (χ0n) is 14.6. The molecule has 4 rings (SSSR count). The molecular formula is C21H18N4O2. The Kier molecular flexibility index (Phi) is 4.30. The van der Waals surface area contributed by atoms with E-state index < -0.39 is 0 Å². The van der Waals surface area contributed by atoms with Crippen molar-refractivity contribution < 1.29 is 9.59 Å². The monoisotopic (exact) mass is 358 g/mol. The van der Waals surface area contributed by atoms with E-state index in [2.05, 4.69) is 27.2 Å². The molecule has 134 valence electrons. The highest BCUT2D eigenvalue weighted by Gasteiger charge is 2.20. The van der Waals surface area contributed by atoms with E-state index in [4.69, 9.17) is 0 Å². The number of rotatable bonds is 4. The van der Waals surface area contributed by atoms with E-state index in [1.54, 1.807) is 6.20 Å². The average Bonchev–Trinajstić information content (AvgIpc) is 3.14. The van der Waals surface area contributed by atoms with E-state index in [1.165, 1.54) is 6.08 Å². The summed E-state index contributed by atoms with van der Waals surface area (Å²) in [7, 11) is 0. The number of aromatic amines is 1. The molecule has 1 aromatic carbocycles. The number of carbonyl (C=O) groups excluding carboxylic acids is 2. The molecule has 3 aromatic rings. The predicted molar refractivity (Wildman–Crippen MR) is 104 cm³/mol. The van der Waals surface area contributed by atoms with Crippen molar-refractivity contribution in [1.29, 1.82) is 0 Å². The molecule has 2 amide bonds. The number of carbonyl (C=O) groups is 2. The Bertz CT molecular complexity index is 1030. The SMILES string of the molecule is C=CC(=O)Nc1ccc(-c2cc(-c3cc4c([nH]3)CCNC4=O)ccn2)cc1. The van der Waals surface area contributed by atoms with Crippen molar-refractivity contribution in [3.8, 4) is 22.5 Å². The van der Waals surface area contributed by atoms with Crippen molar-refractivity contribution in [3.63, 3.8) is 0 Å². The lowest BCUT2D eigenvalue weighted by Crippen LogP contribution is -2.31. The number of hydrogen-bond donors (Lipinski definition) is 3. The molecule has 1 aliphatic rings. The molecule has 1 aliphatic heterocycles. The summed E-state index contributed by atoms with van der Waals surface area (Å²) >= 11 is 0. The highest BCUT2D eigenvalue weighted by molar-refractivity contribution is 5.99. The molecule has 2 aromatic heterocycles. The van der Waals surface area contributed by atoms with Crippen LogP contribution in [0.25, 0.3) is 22.5 Å². The van der Waals surface area contributed by atoms with Crippen LogP contribution in [0, 0.1) is 0 Å². The van der Waals surface area contributed by atoms with E-state index in [0.717, 1.165) is 34.6 Å². The van der Waals surface area contributed by atoms with E-state index in [9.17, 15) is 9.59 Å². The highest BCUT2D eigenvalue weighted by Crippen LogP contribution is 2.27. The smallest absolute Gasteiger partial charge is 0.253 e. The van der Waals surface area contributed by atoms with Gasteiger partial charge in [-0.15, -0.1) is 0 Å². The van der Waals surface area contributed by atoms with E-state index in [1.807, 2.05) is 42.5 Å². The van der Waals surface area contributed by atoms with Gasteiger partial charge in [-0.25, -0.2) is 0 Å². The van der Waals surface area contributed by atoms with Crippen LogP contribution >= 0.6 is 0 Å². The first-order chi connectivity index (χ1) is 13.1. The summed E-state index contributed by atoms with van der Waals surface area (Å²) in [4.78, 5) is 31.1. The van der Waals surface area contributed by atoms with Crippen LogP contribution in [0.5, 0.6) is 0 Å². The van der Waals surface area contributed by atoms with Crippen LogP contribution in [0.15, 0.2) is 61.3 Å². The van der Waals surface area contributed by atoms with Crippen LogP contribution < -0.4 is 10.6 Å². The number of aromatic nitrogens is 2. The number of pyridine rings is 1. The zero-order chi connectivity index (χ0) is 18.8.